The first-order valence-electron chi connectivity index (χ1n) is 5.84. The third kappa shape index (κ3) is 3.73. The number of β-amino-alcohol motifs (C(OH)–C–C–N with tert-alkyl or cyclic N) is 1. The summed E-state index contributed by atoms with van der Waals surface area (Å²) in [6.45, 7) is 0.486. The lowest BCUT2D eigenvalue weighted by Crippen LogP contribution is -2.50. The van der Waals surface area contributed by atoms with Crippen LogP contribution in [0.1, 0.15) is 6.42 Å². The van der Waals surface area contributed by atoms with E-state index in [1.54, 1.807) is 18.2 Å². The van der Waals surface area contributed by atoms with Gasteiger partial charge >= 0.3 is 6.03 Å². The Morgan fingerprint density at radius 3 is 2.42 bits per heavy atom. The average Bonchev–Trinajstić information content (AvgIpc) is 2.31. The molecule has 0 spiro atoms. The second-order valence-corrected chi connectivity index (χ2v) is 5.33. The molecule has 0 radical (unpaired) electrons. The zero-order valence-corrected chi connectivity index (χ0v) is 11.5. The van der Waals surface area contributed by atoms with Crippen molar-refractivity contribution in [1.82, 2.24) is 4.90 Å². The number of halogens is 2. The summed E-state index contributed by atoms with van der Waals surface area (Å²) < 4.78 is 0. The van der Waals surface area contributed by atoms with Gasteiger partial charge in [-0.2, -0.15) is 0 Å². The van der Waals surface area contributed by atoms with Crippen LogP contribution in [0.2, 0.25) is 10.0 Å². The van der Waals surface area contributed by atoms with Crippen LogP contribution in [0.4, 0.5) is 10.5 Å². The number of carbonyl (C=O) groups is 1. The van der Waals surface area contributed by atoms with Crippen molar-refractivity contribution in [2.45, 2.75) is 18.6 Å². The summed E-state index contributed by atoms with van der Waals surface area (Å²) in [6.07, 6.45) is -1.34. The third-order valence-corrected chi connectivity index (χ3v) is 3.38. The summed E-state index contributed by atoms with van der Waals surface area (Å²) in [6, 6.07) is 4.38. The number of carbonyl (C=O) groups excluding carboxylic acids is 1. The number of aliphatic hydroxyl groups excluding tert-OH is 2. The third-order valence-electron chi connectivity index (χ3n) is 2.95. The van der Waals surface area contributed by atoms with Gasteiger partial charge in [0.15, 0.2) is 0 Å². The maximum Gasteiger partial charge on any atom is 0.321 e. The fourth-order valence-corrected chi connectivity index (χ4v) is 2.46. The Morgan fingerprint density at radius 1 is 1.21 bits per heavy atom. The van der Waals surface area contributed by atoms with E-state index in [-0.39, 0.29) is 12.6 Å². The van der Waals surface area contributed by atoms with Crippen LogP contribution in [0.25, 0.3) is 0 Å². The molecule has 0 aliphatic carbocycles. The van der Waals surface area contributed by atoms with Gasteiger partial charge in [-0.15, -0.1) is 0 Å². The molecule has 3 N–H and O–H groups in total. The van der Waals surface area contributed by atoms with E-state index in [1.165, 1.54) is 4.90 Å². The highest BCUT2D eigenvalue weighted by molar-refractivity contribution is 6.35. The first kappa shape index (κ1) is 14.4. The van der Waals surface area contributed by atoms with Gasteiger partial charge in [-0.25, -0.2) is 4.79 Å². The van der Waals surface area contributed by atoms with Crippen LogP contribution in [-0.4, -0.2) is 46.4 Å². The minimum Gasteiger partial charge on any atom is -0.390 e. The van der Waals surface area contributed by atoms with Gasteiger partial charge in [-0.05, 0) is 24.6 Å². The number of hydrogen-bond acceptors (Lipinski definition) is 3. The molecule has 2 rings (SSSR count). The Morgan fingerprint density at radius 2 is 1.84 bits per heavy atom. The lowest BCUT2D eigenvalue weighted by molar-refractivity contribution is -0.0263. The molecule has 104 valence electrons. The number of piperidine rings is 1. The van der Waals surface area contributed by atoms with E-state index in [2.05, 4.69) is 5.32 Å². The molecule has 2 atom stereocenters. The highest BCUT2D eigenvalue weighted by Gasteiger charge is 2.28. The largest absolute Gasteiger partial charge is 0.390 e. The van der Waals surface area contributed by atoms with Crippen LogP contribution in [-0.2, 0) is 0 Å². The van der Waals surface area contributed by atoms with E-state index in [1.807, 2.05) is 0 Å². The molecule has 7 heteroatoms. The van der Waals surface area contributed by atoms with Gasteiger partial charge in [-0.3, -0.25) is 0 Å². The van der Waals surface area contributed by atoms with E-state index in [9.17, 15) is 15.0 Å². The standard InChI is InChI=1S/C12H14Cl2N2O3/c13-7-3-8(14)5-9(4-7)15-12(19)16-2-1-10(17)11(18)6-16/h3-5,10-11,17-18H,1-2,6H2,(H,15,19)/t10-,11-/m1/s1. The molecule has 2 amide bonds. The molecule has 0 saturated carbocycles. The van der Waals surface area contributed by atoms with Gasteiger partial charge < -0.3 is 20.4 Å². The lowest BCUT2D eigenvalue weighted by atomic mass is 10.1. The monoisotopic (exact) mass is 304 g/mol. The number of anilines is 1. The highest BCUT2D eigenvalue weighted by Crippen LogP contribution is 2.23. The zero-order chi connectivity index (χ0) is 14.0. The molecule has 1 saturated heterocycles. The number of rotatable bonds is 1. The van der Waals surface area contributed by atoms with Crippen molar-refractivity contribution in [1.29, 1.82) is 0 Å². The van der Waals surface area contributed by atoms with Gasteiger partial charge in [0, 0.05) is 22.3 Å². The summed E-state index contributed by atoms with van der Waals surface area (Å²) in [5.74, 6) is 0. The van der Waals surface area contributed by atoms with Crippen molar-refractivity contribution in [2.24, 2.45) is 0 Å². The van der Waals surface area contributed by atoms with Crippen LogP contribution < -0.4 is 5.32 Å². The summed E-state index contributed by atoms with van der Waals surface area (Å²) >= 11 is 11.7. The van der Waals surface area contributed by atoms with E-state index < -0.39 is 12.2 Å². The van der Waals surface area contributed by atoms with Gasteiger partial charge in [0.25, 0.3) is 0 Å². The number of benzene rings is 1. The van der Waals surface area contributed by atoms with Crippen LogP contribution in [0.3, 0.4) is 0 Å². The van der Waals surface area contributed by atoms with E-state index in [0.29, 0.717) is 28.7 Å². The smallest absolute Gasteiger partial charge is 0.321 e. The number of nitrogens with one attached hydrogen (secondary N) is 1. The Kier molecular flexibility index (Phi) is 4.52. The number of urea groups is 1. The lowest BCUT2D eigenvalue weighted by Gasteiger charge is -2.33. The summed E-state index contributed by atoms with van der Waals surface area (Å²) in [5, 5.41) is 22.4. The van der Waals surface area contributed by atoms with Gasteiger partial charge in [0.1, 0.15) is 0 Å². The molecule has 0 unspecified atom stereocenters. The van der Waals surface area contributed by atoms with Crippen LogP contribution in [0.15, 0.2) is 18.2 Å². The van der Waals surface area contributed by atoms with Crippen molar-refractivity contribution in [3.05, 3.63) is 28.2 Å². The van der Waals surface area contributed by atoms with E-state index in [0.717, 1.165) is 0 Å². The minimum absolute atomic E-state index is 0.0985. The van der Waals surface area contributed by atoms with Gasteiger partial charge in [0.2, 0.25) is 0 Å². The van der Waals surface area contributed by atoms with Crippen molar-refractivity contribution in [2.75, 3.05) is 18.4 Å². The Balaban J connectivity index is 2.01. The van der Waals surface area contributed by atoms with E-state index in [4.69, 9.17) is 23.2 Å². The first-order valence-corrected chi connectivity index (χ1v) is 6.59. The molecule has 0 aromatic heterocycles. The Bertz CT molecular complexity index is 464. The molecule has 1 aromatic carbocycles. The molecular formula is C12H14Cl2N2O3. The number of hydrogen-bond donors (Lipinski definition) is 3. The number of likely N-dealkylation sites (tertiary alicyclic amines) is 1. The number of aliphatic hydroxyl groups is 2. The predicted octanol–water partition coefficient (Wildman–Crippen LogP) is 1.95. The van der Waals surface area contributed by atoms with E-state index >= 15 is 0 Å². The molecular weight excluding hydrogens is 291 g/mol. The van der Waals surface area contributed by atoms with Gasteiger partial charge in [-0.1, -0.05) is 23.2 Å². The topological polar surface area (TPSA) is 72.8 Å². The SMILES string of the molecule is O=C(Nc1cc(Cl)cc(Cl)c1)N1CC[C@@H](O)[C@H](O)C1. The molecule has 19 heavy (non-hydrogen) atoms. The quantitative estimate of drug-likeness (QED) is 0.742. The number of nitrogens with zero attached hydrogens (tertiary/aromatic N) is 1. The van der Waals surface area contributed by atoms with Crippen LogP contribution in [0.5, 0.6) is 0 Å². The van der Waals surface area contributed by atoms with Crippen LogP contribution in [0, 0.1) is 0 Å². The molecule has 1 aliphatic heterocycles. The Labute approximate surface area is 120 Å². The molecule has 1 aromatic rings. The predicted molar refractivity (Wildman–Crippen MR) is 73.7 cm³/mol. The maximum atomic E-state index is 12.0. The fraction of sp³-hybridized carbons (Fsp3) is 0.417. The second-order valence-electron chi connectivity index (χ2n) is 4.46. The zero-order valence-electron chi connectivity index (χ0n) is 10.0. The van der Waals surface area contributed by atoms with Crippen molar-refractivity contribution < 1.29 is 15.0 Å². The average molecular weight is 305 g/mol. The summed E-state index contributed by atoms with van der Waals surface area (Å²) in [7, 11) is 0. The number of amides is 2. The highest BCUT2D eigenvalue weighted by atomic mass is 35.5. The second kappa shape index (κ2) is 5.96. The summed E-state index contributed by atoms with van der Waals surface area (Å²) in [5.41, 5.74) is 0.489. The van der Waals surface area contributed by atoms with Crippen molar-refractivity contribution in [3.8, 4) is 0 Å². The molecule has 5 nitrogen and oxygen atoms in total. The van der Waals surface area contributed by atoms with Crippen LogP contribution >= 0.6 is 23.2 Å². The maximum absolute atomic E-state index is 12.0. The normalized spacial score (nSPS) is 23.3. The first-order chi connectivity index (χ1) is 8.95. The minimum atomic E-state index is -0.914. The molecule has 1 aliphatic rings. The summed E-state index contributed by atoms with van der Waals surface area (Å²) in [4.78, 5) is 13.4. The fourth-order valence-electron chi connectivity index (χ4n) is 1.93. The van der Waals surface area contributed by atoms with Crippen molar-refractivity contribution >= 4 is 34.9 Å². The molecule has 1 heterocycles. The molecule has 0 bridgehead atoms. The Hall–Kier alpha value is -1.01. The van der Waals surface area contributed by atoms with Crippen molar-refractivity contribution in [3.63, 3.8) is 0 Å². The molecule has 1 fully saturated rings. The van der Waals surface area contributed by atoms with Gasteiger partial charge in [0.05, 0.1) is 18.8 Å².